The van der Waals surface area contributed by atoms with Crippen LogP contribution in [-0.2, 0) is 9.59 Å². The summed E-state index contributed by atoms with van der Waals surface area (Å²) in [5.41, 5.74) is 0.314. The Morgan fingerprint density at radius 3 is 2.38 bits per heavy atom. The minimum absolute atomic E-state index is 0.0431. The number of rotatable bonds is 8. The van der Waals surface area contributed by atoms with E-state index in [9.17, 15) is 18.8 Å². The highest BCUT2D eigenvalue weighted by atomic mass is 19.1. The monoisotopic (exact) mass is 441 g/mol. The molecule has 1 heterocycles. The van der Waals surface area contributed by atoms with Gasteiger partial charge >= 0.3 is 0 Å². The zero-order valence-electron chi connectivity index (χ0n) is 17.9. The summed E-state index contributed by atoms with van der Waals surface area (Å²) in [5, 5.41) is 5.17. The van der Waals surface area contributed by atoms with Gasteiger partial charge < -0.3 is 20.3 Å². The first kappa shape index (κ1) is 23.2. The fourth-order valence-corrected chi connectivity index (χ4v) is 3.53. The molecule has 0 saturated carbocycles. The minimum atomic E-state index is -0.548. The number of carbonyl (C=O) groups is 3. The second-order valence-corrected chi connectivity index (χ2v) is 7.61. The van der Waals surface area contributed by atoms with Crippen LogP contribution in [0.25, 0.3) is 0 Å². The first-order chi connectivity index (χ1) is 15.5. The van der Waals surface area contributed by atoms with Gasteiger partial charge in [0.15, 0.2) is 6.61 Å². The molecule has 7 nitrogen and oxygen atoms in total. The molecule has 32 heavy (non-hydrogen) atoms. The van der Waals surface area contributed by atoms with Crippen molar-refractivity contribution in [2.45, 2.75) is 32.1 Å². The van der Waals surface area contributed by atoms with Crippen molar-refractivity contribution in [1.82, 2.24) is 10.2 Å². The Balaban J connectivity index is 1.49. The Labute approximate surface area is 186 Å². The maximum absolute atomic E-state index is 13.7. The van der Waals surface area contributed by atoms with Crippen LogP contribution in [0.1, 0.15) is 42.5 Å². The molecule has 0 radical (unpaired) electrons. The summed E-state index contributed by atoms with van der Waals surface area (Å²) < 4.78 is 19.2. The molecule has 0 spiro atoms. The highest BCUT2D eigenvalue weighted by Crippen LogP contribution is 2.18. The second kappa shape index (κ2) is 11.8. The van der Waals surface area contributed by atoms with E-state index < -0.39 is 17.6 Å². The Kier molecular flexibility index (Phi) is 8.60. The number of nitrogens with one attached hydrogen (secondary N) is 2. The van der Waals surface area contributed by atoms with Gasteiger partial charge in [0.2, 0.25) is 5.91 Å². The molecular weight excluding hydrogens is 413 g/mol. The molecule has 1 saturated heterocycles. The molecule has 1 aliphatic heterocycles. The topological polar surface area (TPSA) is 87.7 Å². The third-order valence-electron chi connectivity index (χ3n) is 5.22. The van der Waals surface area contributed by atoms with Crippen molar-refractivity contribution in [2.24, 2.45) is 0 Å². The van der Waals surface area contributed by atoms with Crippen LogP contribution in [0.4, 0.5) is 10.1 Å². The van der Waals surface area contributed by atoms with E-state index in [0.717, 1.165) is 38.8 Å². The number of benzene rings is 2. The Morgan fingerprint density at radius 2 is 1.62 bits per heavy atom. The number of halogens is 1. The van der Waals surface area contributed by atoms with Gasteiger partial charge in [0.25, 0.3) is 11.8 Å². The molecule has 2 aromatic rings. The van der Waals surface area contributed by atoms with E-state index in [2.05, 4.69) is 10.6 Å². The van der Waals surface area contributed by atoms with Crippen LogP contribution in [-0.4, -0.2) is 48.9 Å². The Hall–Kier alpha value is -3.42. The molecular formula is C24H28FN3O4. The van der Waals surface area contributed by atoms with Crippen LogP contribution in [0.3, 0.4) is 0 Å². The van der Waals surface area contributed by atoms with Gasteiger partial charge in [-0.2, -0.15) is 0 Å². The van der Waals surface area contributed by atoms with Crippen molar-refractivity contribution >= 4 is 23.4 Å². The van der Waals surface area contributed by atoms with Crippen LogP contribution >= 0.6 is 0 Å². The highest BCUT2D eigenvalue weighted by Gasteiger charge is 2.17. The van der Waals surface area contributed by atoms with Gasteiger partial charge in [-0.05, 0) is 37.1 Å². The summed E-state index contributed by atoms with van der Waals surface area (Å²) in [7, 11) is 0. The lowest BCUT2D eigenvalue weighted by Crippen LogP contribution is -2.35. The number of anilines is 1. The summed E-state index contributed by atoms with van der Waals surface area (Å²) in [6, 6.07) is 12.3. The normalized spacial score (nSPS) is 13.7. The van der Waals surface area contributed by atoms with E-state index in [-0.39, 0.29) is 42.5 Å². The van der Waals surface area contributed by atoms with Gasteiger partial charge in [-0.3, -0.25) is 14.4 Å². The zero-order valence-corrected chi connectivity index (χ0v) is 17.9. The van der Waals surface area contributed by atoms with Gasteiger partial charge in [-0.1, -0.05) is 37.1 Å². The van der Waals surface area contributed by atoms with E-state index in [1.54, 1.807) is 30.3 Å². The predicted octanol–water partition coefficient (Wildman–Crippen LogP) is 3.37. The van der Waals surface area contributed by atoms with Crippen molar-refractivity contribution in [2.75, 3.05) is 31.6 Å². The third kappa shape index (κ3) is 6.80. The van der Waals surface area contributed by atoms with Gasteiger partial charge in [0, 0.05) is 26.1 Å². The fraction of sp³-hybridized carbons (Fsp3) is 0.375. The standard InChI is InChI=1S/C24H28FN3O4/c25-19-10-4-5-11-20(19)27-22(29)17-32-21-12-6-3-9-18(21)24(31)26-14-13-23(30)28-15-7-1-2-8-16-28/h3-6,9-12H,1-2,7-8,13-17H2,(H,26,31)(H,27,29). The molecule has 3 rings (SSSR count). The average Bonchev–Trinajstić information content (AvgIpc) is 3.09. The molecule has 1 aliphatic rings. The number of amides is 3. The van der Waals surface area contributed by atoms with Crippen molar-refractivity contribution in [3.05, 3.63) is 59.9 Å². The van der Waals surface area contributed by atoms with Crippen LogP contribution in [0.5, 0.6) is 5.75 Å². The van der Waals surface area contributed by atoms with Gasteiger partial charge in [0.05, 0.1) is 11.3 Å². The highest BCUT2D eigenvalue weighted by molar-refractivity contribution is 5.97. The summed E-state index contributed by atoms with van der Waals surface area (Å²) in [4.78, 5) is 38.9. The molecule has 8 heteroatoms. The first-order valence-electron chi connectivity index (χ1n) is 10.9. The van der Waals surface area contributed by atoms with Crippen LogP contribution < -0.4 is 15.4 Å². The number of hydrogen-bond acceptors (Lipinski definition) is 4. The molecule has 0 bridgehead atoms. The van der Waals surface area contributed by atoms with E-state index in [1.807, 2.05) is 4.90 Å². The van der Waals surface area contributed by atoms with Crippen molar-refractivity contribution in [1.29, 1.82) is 0 Å². The SMILES string of the molecule is O=C(COc1ccccc1C(=O)NCCC(=O)N1CCCCCC1)Nc1ccccc1F. The molecule has 2 N–H and O–H groups in total. The van der Waals surface area contributed by atoms with Crippen LogP contribution in [0.2, 0.25) is 0 Å². The molecule has 0 aromatic heterocycles. The number of ether oxygens (including phenoxy) is 1. The fourth-order valence-electron chi connectivity index (χ4n) is 3.53. The van der Waals surface area contributed by atoms with Gasteiger partial charge in [-0.25, -0.2) is 4.39 Å². The zero-order chi connectivity index (χ0) is 22.8. The maximum atomic E-state index is 13.7. The number of para-hydroxylation sites is 2. The van der Waals surface area contributed by atoms with Gasteiger partial charge in [0.1, 0.15) is 11.6 Å². The van der Waals surface area contributed by atoms with E-state index >= 15 is 0 Å². The molecule has 3 amide bonds. The lowest BCUT2D eigenvalue weighted by Gasteiger charge is -2.20. The Bertz CT molecular complexity index is 942. The van der Waals surface area contributed by atoms with E-state index in [0.29, 0.717) is 0 Å². The largest absolute Gasteiger partial charge is 0.483 e. The van der Waals surface area contributed by atoms with E-state index in [4.69, 9.17) is 4.74 Å². The number of hydrogen-bond donors (Lipinski definition) is 2. The summed E-state index contributed by atoms with van der Waals surface area (Å²) in [6.07, 6.45) is 4.58. The molecule has 0 aliphatic carbocycles. The molecule has 2 aromatic carbocycles. The second-order valence-electron chi connectivity index (χ2n) is 7.61. The maximum Gasteiger partial charge on any atom is 0.262 e. The van der Waals surface area contributed by atoms with Crippen molar-refractivity contribution in [3.8, 4) is 5.75 Å². The summed E-state index contributed by atoms with van der Waals surface area (Å²) in [6.45, 7) is 1.39. The quantitative estimate of drug-likeness (QED) is 0.658. The van der Waals surface area contributed by atoms with Crippen molar-refractivity contribution in [3.63, 3.8) is 0 Å². The molecule has 0 unspecified atom stereocenters. The van der Waals surface area contributed by atoms with Gasteiger partial charge in [-0.15, -0.1) is 0 Å². The number of carbonyl (C=O) groups excluding carboxylic acids is 3. The predicted molar refractivity (Wildman–Crippen MR) is 119 cm³/mol. The Morgan fingerprint density at radius 1 is 0.938 bits per heavy atom. The van der Waals surface area contributed by atoms with E-state index in [1.165, 1.54) is 18.2 Å². The first-order valence-corrected chi connectivity index (χ1v) is 10.9. The van der Waals surface area contributed by atoms with Crippen LogP contribution in [0.15, 0.2) is 48.5 Å². The molecule has 1 fully saturated rings. The molecule has 170 valence electrons. The average molecular weight is 442 g/mol. The van der Waals surface area contributed by atoms with Crippen molar-refractivity contribution < 1.29 is 23.5 Å². The third-order valence-corrected chi connectivity index (χ3v) is 5.22. The number of nitrogens with zero attached hydrogens (tertiary/aromatic N) is 1. The van der Waals surface area contributed by atoms with Crippen LogP contribution in [0, 0.1) is 5.82 Å². The lowest BCUT2D eigenvalue weighted by molar-refractivity contribution is -0.131. The lowest BCUT2D eigenvalue weighted by atomic mass is 10.2. The summed E-state index contributed by atoms with van der Waals surface area (Å²) >= 11 is 0. The molecule has 0 atom stereocenters. The summed E-state index contributed by atoms with van der Waals surface area (Å²) in [5.74, 6) is -1.21. The smallest absolute Gasteiger partial charge is 0.262 e. The minimum Gasteiger partial charge on any atom is -0.483 e. The number of likely N-dealkylation sites (tertiary alicyclic amines) is 1.